The van der Waals surface area contributed by atoms with Crippen LogP contribution in [0.1, 0.15) is 24.8 Å². The lowest BCUT2D eigenvalue weighted by Gasteiger charge is -2.06. The van der Waals surface area contributed by atoms with Crippen molar-refractivity contribution in [1.82, 2.24) is 0 Å². The summed E-state index contributed by atoms with van der Waals surface area (Å²) in [5.41, 5.74) is 0.673. The van der Waals surface area contributed by atoms with E-state index in [1.165, 1.54) is 0 Å². The van der Waals surface area contributed by atoms with Gasteiger partial charge < -0.3 is 0 Å². The molecular weight excluding hydrogens is 198 g/mol. The smallest absolute Gasteiger partial charge is 0.154 e. The number of Topliss-reactive ketones (excluding diaryl/α,β-unsaturated/α-hetero) is 1. The van der Waals surface area contributed by atoms with Gasteiger partial charge in [0.15, 0.2) is 5.78 Å². The van der Waals surface area contributed by atoms with Crippen molar-refractivity contribution in [3.8, 4) is 6.07 Å². The molecule has 0 bridgehead atoms. The van der Waals surface area contributed by atoms with Crippen LogP contribution in [0.3, 0.4) is 0 Å². The Kier molecular flexibility index (Phi) is 3.67. The number of halogens is 1. The number of rotatable bonds is 3. The molecule has 0 fully saturated rings. The first-order valence-corrected chi connectivity index (χ1v) is 4.74. The molecule has 1 aromatic rings. The Labute approximate surface area is 88.1 Å². The molecule has 1 unspecified atom stereocenters. The van der Waals surface area contributed by atoms with Crippen molar-refractivity contribution in [3.05, 3.63) is 34.9 Å². The molecule has 0 N–H and O–H groups in total. The van der Waals surface area contributed by atoms with Crippen molar-refractivity contribution >= 4 is 17.4 Å². The van der Waals surface area contributed by atoms with Gasteiger partial charge in [-0.25, -0.2) is 0 Å². The maximum absolute atomic E-state index is 11.4. The van der Waals surface area contributed by atoms with Crippen LogP contribution in [0.25, 0.3) is 0 Å². The van der Waals surface area contributed by atoms with Gasteiger partial charge in [-0.15, -0.1) is 0 Å². The number of ketones is 1. The second-order valence-electron chi connectivity index (χ2n) is 2.94. The minimum atomic E-state index is -0.682. The van der Waals surface area contributed by atoms with Crippen LogP contribution in [0.5, 0.6) is 0 Å². The molecule has 3 heteroatoms. The Balaban J connectivity index is 3.02. The van der Waals surface area contributed by atoms with E-state index in [4.69, 9.17) is 16.9 Å². The first kappa shape index (κ1) is 10.7. The van der Waals surface area contributed by atoms with Crippen LogP contribution in [-0.4, -0.2) is 5.78 Å². The van der Waals surface area contributed by atoms with Gasteiger partial charge in [0.2, 0.25) is 0 Å². The van der Waals surface area contributed by atoms with Crippen LogP contribution in [0, 0.1) is 11.3 Å². The first-order valence-electron chi connectivity index (χ1n) is 4.36. The first-order chi connectivity index (χ1) is 6.69. The zero-order valence-corrected chi connectivity index (χ0v) is 8.58. The Morgan fingerprint density at radius 3 is 2.86 bits per heavy atom. The molecule has 72 valence electrons. The largest absolute Gasteiger partial charge is 0.298 e. The van der Waals surface area contributed by atoms with Gasteiger partial charge in [-0.05, 0) is 17.7 Å². The van der Waals surface area contributed by atoms with Crippen LogP contribution >= 0.6 is 11.6 Å². The molecule has 2 nitrogen and oxygen atoms in total. The lowest BCUT2D eigenvalue weighted by Crippen LogP contribution is -2.08. The number of benzene rings is 1. The highest BCUT2D eigenvalue weighted by molar-refractivity contribution is 6.30. The van der Waals surface area contributed by atoms with Crippen LogP contribution in [0.4, 0.5) is 0 Å². The van der Waals surface area contributed by atoms with E-state index < -0.39 is 5.92 Å². The van der Waals surface area contributed by atoms with E-state index >= 15 is 0 Å². The highest BCUT2D eigenvalue weighted by Crippen LogP contribution is 2.20. The molecule has 1 atom stereocenters. The number of nitriles is 1. The fraction of sp³-hybridized carbons (Fsp3) is 0.273. The molecule has 0 heterocycles. The second kappa shape index (κ2) is 4.78. The highest BCUT2D eigenvalue weighted by atomic mass is 35.5. The third kappa shape index (κ3) is 2.34. The molecule has 14 heavy (non-hydrogen) atoms. The third-order valence-corrected chi connectivity index (χ3v) is 2.22. The second-order valence-corrected chi connectivity index (χ2v) is 3.37. The standard InChI is InChI=1S/C11H10ClNO/c1-2-11(14)10(7-13)8-4-3-5-9(12)6-8/h3-6,10H,2H2,1H3. The third-order valence-electron chi connectivity index (χ3n) is 1.98. The Morgan fingerprint density at radius 2 is 2.36 bits per heavy atom. The minimum absolute atomic E-state index is 0.0743. The zero-order chi connectivity index (χ0) is 10.6. The summed E-state index contributed by atoms with van der Waals surface area (Å²) in [5, 5.41) is 9.41. The fourth-order valence-electron chi connectivity index (χ4n) is 1.22. The maximum Gasteiger partial charge on any atom is 0.154 e. The molecule has 0 saturated heterocycles. The van der Waals surface area contributed by atoms with E-state index in [-0.39, 0.29) is 5.78 Å². The molecule has 0 amide bonds. The van der Waals surface area contributed by atoms with Crippen molar-refractivity contribution < 1.29 is 4.79 Å². The van der Waals surface area contributed by atoms with Crippen molar-refractivity contribution in [2.45, 2.75) is 19.3 Å². The predicted octanol–water partition coefficient (Wildman–Crippen LogP) is 2.93. The molecule has 0 aromatic heterocycles. The van der Waals surface area contributed by atoms with E-state index in [1.807, 2.05) is 6.07 Å². The lowest BCUT2D eigenvalue weighted by atomic mass is 9.95. The summed E-state index contributed by atoms with van der Waals surface area (Å²) in [6.45, 7) is 1.75. The van der Waals surface area contributed by atoms with Crippen molar-refractivity contribution in [3.63, 3.8) is 0 Å². The maximum atomic E-state index is 11.4. The summed E-state index contributed by atoms with van der Waals surface area (Å²) < 4.78 is 0. The van der Waals surface area contributed by atoms with E-state index in [9.17, 15) is 4.79 Å². The van der Waals surface area contributed by atoms with Gasteiger partial charge in [-0.3, -0.25) is 4.79 Å². The number of hydrogen-bond acceptors (Lipinski definition) is 2. The number of carbonyl (C=O) groups excluding carboxylic acids is 1. The summed E-state index contributed by atoms with van der Waals surface area (Å²) in [7, 11) is 0. The number of carbonyl (C=O) groups is 1. The summed E-state index contributed by atoms with van der Waals surface area (Å²) in [5.74, 6) is -0.756. The molecule has 0 aliphatic rings. The van der Waals surface area contributed by atoms with E-state index in [1.54, 1.807) is 31.2 Å². The van der Waals surface area contributed by atoms with Crippen LogP contribution in [0.2, 0.25) is 5.02 Å². The van der Waals surface area contributed by atoms with Gasteiger partial charge in [-0.2, -0.15) is 5.26 Å². The molecule has 0 radical (unpaired) electrons. The summed E-state index contributed by atoms with van der Waals surface area (Å²) >= 11 is 5.77. The van der Waals surface area contributed by atoms with Gasteiger partial charge in [-0.1, -0.05) is 30.7 Å². The summed E-state index contributed by atoms with van der Waals surface area (Å²) in [6.07, 6.45) is 0.366. The number of nitrogens with zero attached hydrogens (tertiary/aromatic N) is 1. The summed E-state index contributed by atoms with van der Waals surface area (Å²) in [4.78, 5) is 11.4. The molecule has 0 aliphatic heterocycles. The summed E-state index contributed by atoms with van der Waals surface area (Å²) in [6, 6.07) is 8.85. The Morgan fingerprint density at radius 1 is 1.64 bits per heavy atom. The predicted molar refractivity (Wildman–Crippen MR) is 55.1 cm³/mol. The van der Waals surface area contributed by atoms with Crippen LogP contribution in [0.15, 0.2) is 24.3 Å². The molecule has 1 aromatic carbocycles. The van der Waals surface area contributed by atoms with E-state index in [0.29, 0.717) is 17.0 Å². The number of hydrogen-bond donors (Lipinski definition) is 0. The molecular formula is C11H10ClNO. The van der Waals surface area contributed by atoms with Gasteiger partial charge >= 0.3 is 0 Å². The van der Waals surface area contributed by atoms with Crippen LogP contribution in [-0.2, 0) is 4.79 Å². The van der Waals surface area contributed by atoms with E-state index in [0.717, 1.165) is 0 Å². The average molecular weight is 208 g/mol. The van der Waals surface area contributed by atoms with Crippen molar-refractivity contribution in [1.29, 1.82) is 5.26 Å². The van der Waals surface area contributed by atoms with Crippen molar-refractivity contribution in [2.24, 2.45) is 0 Å². The topological polar surface area (TPSA) is 40.9 Å². The quantitative estimate of drug-likeness (QED) is 0.765. The van der Waals surface area contributed by atoms with Gasteiger partial charge in [0.05, 0.1) is 6.07 Å². The van der Waals surface area contributed by atoms with Crippen molar-refractivity contribution in [2.75, 3.05) is 0 Å². The van der Waals surface area contributed by atoms with Crippen LogP contribution < -0.4 is 0 Å². The van der Waals surface area contributed by atoms with Gasteiger partial charge in [0.25, 0.3) is 0 Å². The molecule has 1 rings (SSSR count). The Hall–Kier alpha value is -1.33. The van der Waals surface area contributed by atoms with E-state index in [2.05, 4.69) is 0 Å². The zero-order valence-electron chi connectivity index (χ0n) is 7.83. The normalized spacial score (nSPS) is 11.8. The molecule has 0 aliphatic carbocycles. The van der Waals surface area contributed by atoms with Gasteiger partial charge in [0.1, 0.15) is 5.92 Å². The SMILES string of the molecule is CCC(=O)C(C#N)c1cccc(Cl)c1. The van der Waals surface area contributed by atoms with Gasteiger partial charge in [0, 0.05) is 11.4 Å². The fourth-order valence-corrected chi connectivity index (χ4v) is 1.42. The Bertz CT molecular complexity index is 381. The monoisotopic (exact) mass is 207 g/mol. The highest BCUT2D eigenvalue weighted by Gasteiger charge is 2.17. The minimum Gasteiger partial charge on any atom is -0.298 e. The average Bonchev–Trinajstić information content (AvgIpc) is 2.19. The lowest BCUT2D eigenvalue weighted by molar-refractivity contribution is -0.119. The molecule has 0 saturated carbocycles. The molecule has 0 spiro atoms.